The number of hydrogen-bond donors (Lipinski definition) is 1. The average molecular weight is 536 g/mol. The summed E-state index contributed by atoms with van der Waals surface area (Å²) in [5.74, 6) is -1.53. The highest BCUT2D eigenvalue weighted by atomic mass is 35.5. The molecule has 0 saturated carbocycles. The van der Waals surface area contributed by atoms with Crippen LogP contribution in [-0.2, 0) is 12.2 Å². The summed E-state index contributed by atoms with van der Waals surface area (Å²) in [7, 11) is 0. The van der Waals surface area contributed by atoms with Gasteiger partial charge in [0.25, 0.3) is 5.56 Å². The standard InChI is InChI=1S/C24H21Cl2F2N5O3/c1-12-9-30-22(32-6-5-18(31-32)24(3,4)35)20(28)21(12)33-13(2)7-17(19(26)23(33)34)36-11-16-15(25)8-14(27)10-29-16/h5-10,35H,11H2,1-4H3. The summed E-state index contributed by atoms with van der Waals surface area (Å²) in [4.78, 5) is 21.2. The Kier molecular flexibility index (Phi) is 6.87. The number of hydrogen-bond acceptors (Lipinski definition) is 6. The predicted octanol–water partition coefficient (Wildman–Crippen LogP) is 4.82. The van der Waals surface area contributed by atoms with Gasteiger partial charge in [-0.25, -0.2) is 18.4 Å². The van der Waals surface area contributed by atoms with E-state index in [-0.39, 0.29) is 39.6 Å². The van der Waals surface area contributed by atoms with Crippen LogP contribution in [0.1, 0.15) is 36.5 Å². The van der Waals surface area contributed by atoms with Crippen LogP contribution >= 0.6 is 23.2 Å². The van der Waals surface area contributed by atoms with Gasteiger partial charge in [0.1, 0.15) is 28.8 Å². The first-order valence-corrected chi connectivity index (χ1v) is 11.4. The summed E-state index contributed by atoms with van der Waals surface area (Å²) in [6, 6.07) is 4.11. The fourth-order valence-electron chi connectivity index (χ4n) is 3.52. The molecule has 0 unspecified atom stereocenters. The van der Waals surface area contributed by atoms with E-state index in [0.717, 1.165) is 16.8 Å². The molecule has 188 valence electrons. The smallest absolute Gasteiger partial charge is 0.278 e. The van der Waals surface area contributed by atoms with Crippen molar-refractivity contribution in [2.75, 3.05) is 0 Å². The molecule has 0 saturated heterocycles. The first kappa shape index (κ1) is 25.7. The Morgan fingerprint density at radius 3 is 2.50 bits per heavy atom. The molecule has 1 N–H and O–H groups in total. The molecule has 4 aromatic rings. The Balaban J connectivity index is 1.75. The van der Waals surface area contributed by atoms with Gasteiger partial charge in [-0.15, -0.1) is 0 Å². The van der Waals surface area contributed by atoms with Gasteiger partial charge in [-0.3, -0.25) is 14.3 Å². The van der Waals surface area contributed by atoms with Gasteiger partial charge >= 0.3 is 0 Å². The monoisotopic (exact) mass is 535 g/mol. The largest absolute Gasteiger partial charge is 0.485 e. The van der Waals surface area contributed by atoms with E-state index < -0.39 is 22.8 Å². The summed E-state index contributed by atoms with van der Waals surface area (Å²) in [6.07, 6.45) is 3.86. The first-order valence-electron chi connectivity index (χ1n) is 10.7. The molecule has 0 fully saturated rings. The zero-order chi connectivity index (χ0) is 26.4. The van der Waals surface area contributed by atoms with Gasteiger partial charge in [0.15, 0.2) is 11.6 Å². The van der Waals surface area contributed by atoms with Crippen LogP contribution in [-0.4, -0.2) is 29.4 Å². The average Bonchev–Trinajstić information content (AvgIpc) is 3.29. The lowest BCUT2D eigenvalue weighted by atomic mass is 10.1. The lowest BCUT2D eigenvalue weighted by molar-refractivity contribution is 0.0734. The minimum atomic E-state index is -1.24. The molecule has 0 radical (unpaired) electrons. The van der Waals surface area contributed by atoms with Crippen molar-refractivity contribution in [1.29, 1.82) is 0 Å². The van der Waals surface area contributed by atoms with Crippen LogP contribution in [0.3, 0.4) is 0 Å². The Hall–Kier alpha value is -3.34. The van der Waals surface area contributed by atoms with Crippen molar-refractivity contribution in [3.05, 3.63) is 91.5 Å². The van der Waals surface area contributed by atoms with Crippen molar-refractivity contribution in [3.8, 4) is 17.3 Å². The summed E-state index contributed by atoms with van der Waals surface area (Å²) < 4.78 is 36.9. The van der Waals surface area contributed by atoms with Crippen LogP contribution in [0.2, 0.25) is 10.0 Å². The molecule has 4 heterocycles. The van der Waals surface area contributed by atoms with Crippen molar-refractivity contribution in [2.45, 2.75) is 39.9 Å². The molecule has 0 aliphatic heterocycles. The molecular formula is C24H21Cl2F2N5O3. The first-order chi connectivity index (χ1) is 16.9. The Labute approximate surface area is 214 Å². The van der Waals surface area contributed by atoms with Crippen molar-refractivity contribution in [1.82, 2.24) is 24.3 Å². The molecule has 0 spiro atoms. The van der Waals surface area contributed by atoms with E-state index >= 15 is 4.39 Å². The third-order valence-corrected chi connectivity index (χ3v) is 6.04. The summed E-state index contributed by atoms with van der Waals surface area (Å²) in [5.41, 5.74) is -0.737. The number of nitrogens with zero attached hydrogens (tertiary/aromatic N) is 5. The quantitative estimate of drug-likeness (QED) is 0.380. The maximum absolute atomic E-state index is 15.8. The van der Waals surface area contributed by atoms with E-state index in [0.29, 0.717) is 17.0 Å². The molecule has 0 amide bonds. The van der Waals surface area contributed by atoms with Gasteiger partial charge in [-0.05, 0) is 45.4 Å². The van der Waals surface area contributed by atoms with Crippen molar-refractivity contribution < 1.29 is 18.6 Å². The van der Waals surface area contributed by atoms with Gasteiger partial charge in [-0.1, -0.05) is 23.2 Å². The number of aromatic nitrogens is 5. The van der Waals surface area contributed by atoms with E-state index in [1.54, 1.807) is 33.8 Å². The highest BCUT2D eigenvalue weighted by Crippen LogP contribution is 2.29. The Morgan fingerprint density at radius 1 is 1.14 bits per heavy atom. The zero-order valence-electron chi connectivity index (χ0n) is 19.7. The number of pyridine rings is 3. The fraction of sp³-hybridized carbons (Fsp3) is 0.250. The molecule has 4 aromatic heterocycles. The second-order valence-electron chi connectivity index (χ2n) is 8.61. The van der Waals surface area contributed by atoms with Crippen molar-refractivity contribution in [2.24, 2.45) is 0 Å². The molecular weight excluding hydrogens is 515 g/mol. The van der Waals surface area contributed by atoms with Gasteiger partial charge in [0.2, 0.25) is 0 Å². The predicted molar refractivity (Wildman–Crippen MR) is 130 cm³/mol. The number of ether oxygens (including phenoxy) is 1. The molecule has 8 nitrogen and oxygen atoms in total. The van der Waals surface area contributed by atoms with E-state index in [4.69, 9.17) is 27.9 Å². The summed E-state index contributed by atoms with van der Waals surface area (Å²) >= 11 is 12.3. The van der Waals surface area contributed by atoms with Gasteiger partial charge in [0, 0.05) is 24.2 Å². The molecule has 0 atom stereocenters. The van der Waals surface area contributed by atoms with E-state index in [9.17, 15) is 14.3 Å². The van der Waals surface area contributed by atoms with Crippen LogP contribution in [0.5, 0.6) is 5.75 Å². The topological polar surface area (TPSA) is 95.1 Å². The number of aryl methyl sites for hydroxylation is 2. The van der Waals surface area contributed by atoms with Crippen LogP contribution in [0.15, 0.2) is 41.6 Å². The Morgan fingerprint density at radius 2 is 1.86 bits per heavy atom. The van der Waals surface area contributed by atoms with Gasteiger partial charge in [0.05, 0.1) is 28.3 Å². The van der Waals surface area contributed by atoms with Crippen LogP contribution in [0, 0.1) is 25.5 Å². The van der Waals surface area contributed by atoms with Crippen LogP contribution in [0.4, 0.5) is 8.78 Å². The minimum Gasteiger partial charge on any atom is -0.485 e. The normalized spacial score (nSPS) is 11.7. The number of aliphatic hydroxyl groups is 1. The maximum atomic E-state index is 15.8. The molecule has 36 heavy (non-hydrogen) atoms. The molecule has 4 rings (SSSR count). The highest BCUT2D eigenvalue weighted by Gasteiger charge is 2.24. The van der Waals surface area contributed by atoms with E-state index in [2.05, 4.69) is 15.1 Å². The van der Waals surface area contributed by atoms with E-state index in [1.807, 2.05) is 0 Å². The Bertz CT molecular complexity index is 1530. The number of halogens is 4. The zero-order valence-corrected chi connectivity index (χ0v) is 21.2. The third kappa shape index (κ3) is 4.84. The molecule has 0 aliphatic carbocycles. The maximum Gasteiger partial charge on any atom is 0.278 e. The second kappa shape index (κ2) is 9.61. The van der Waals surface area contributed by atoms with Gasteiger partial charge in [-0.2, -0.15) is 5.10 Å². The lowest BCUT2D eigenvalue weighted by Crippen LogP contribution is -2.24. The van der Waals surface area contributed by atoms with Crippen molar-refractivity contribution >= 4 is 23.2 Å². The second-order valence-corrected chi connectivity index (χ2v) is 9.39. The van der Waals surface area contributed by atoms with Gasteiger partial charge < -0.3 is 9.84 Å². The van der Waals surface area contributed by atoms with Crippen LogP contribution in [0.25, 0.3) is 11.5 Å². The molecule has 0 aromatic carbocycles. The number of rotatable bonds is 6. The lowest BCUT2D eigenvalue weighted by Gasteiger charge is -2.18. The summed E-state index contributed by atoms with van der Waals surface area (Å²) in [6.45, 7) is 6.13. The highest BCUT2D eigenvalue weighted by molar-refractivity contribution is 6.32. The molecule has 12 heteroatoms. The third-order valence-electron chi connectivity index (χ3n) is 5.36. The molecule has 0 bridgehead atoms. The summed E-state index contributed by atoms with van der Waals surface area (Å²) in [5, 5.41) is 14.2. The van der Waals surface area contributed by atoms with Crippen LogP contribution < -0.4 is 10.3 Å². The van der Waals surface area contributed by atoms with Crippen molar-refractivity contribution in [3.63, 3.8) is 0 Å². The van der Waals surface area contributed by atoms with E-state index in [1.165, 1.54) is 23.1 Å². The SMILES string of the molecule is Cc1cnc(-n2ccc(C(C)(C)O)n2)c(F)c1-n1c(C)cc(OCc2ncc(F)cc2Cl)c(Cl)c1=O. The minimum absolute atomic E-state index is 0.0341. The fourth-order valence-corrected chi connectivity index (χ4v) is 3.92. The molecule has 0 aliphatic rings.